The van der Waals surface area contributed by atoms with Crippen LogP contribution in [0.15, 0.2) is 91.6 Å². The monoisotopic (exact) mass is 556 g/mol. The van der Waals surface area contributed by atoms with Gasteiger partial charge >= 0.3 is 5.97 Å². The number of benzene rings is 3. The number of carbonyl (C=O) groups excluding carboxylic acids is 2. The van der Waals surface area contributed by atoms with Crippen LogP contribution in [0.25, 0.3) is 6.08 Å². The summed E-state index contributed by atoms with van der Waals surface area (Å²) in [7, 11) is 0. The molecule has 1 aliphatic heterocycles. The van der Waals surface area contributed by atoms with Gasteiger partial charge in [0.15, 0.2) is 5.17 Å². The molecule has 1 fully saturated rings. The van der Waals surface area contributed by atoms with E-state index in [1.165, 1.54) is 11.8 Å². The van der Waals surface area contributed by atoms with Crippen molar-refractivity contribution >= 4 is 72.4 Å². The number of carbonyl (C=O) groups is 2. The molecule has 3 aromatic carbocycles. The number of hydrogen-bond donors (Lipinski definition) is 1. The van der Waals surface area contributed by atoms with Gasteiger partial charge in [0, 0.05) is 8.95 Å². The molecule has 3 aromatic rings. The van der Waals surface area contributed by atoms with Crippen LogP contribution in [0.3, 0.4) is 0 Å². The summed E-state index contributed by atoms with van der Waals surface area (Å²) in [5.74, 6) is -0.229. The summed E-state index contributed by atoms with van der Waals surface area (Å²) in [6.07, 6.45) is 1.77. The maximum atomic E-state index is 12.3. The maximum Gasteiger partial charge on any atom is 0.344 e. The van der Waals surface area contributed by atoms with Crippen molar-refractivity contribution in [1.29, 1.82) is 0 Å². The first-order chi connectivity index (χ1) is 15.0. The SMILES string of the molecule is O=C1NC(=Nc2ccc(Br)cc2)S/C1=C\c1ccc(OC(=O)c2ccccc2Br)cc1. The predicted molar refractivity (Wildman–Crippen MR) is 130 cm³/mol. The standard InChI is InChI=1S/C23H14Br2N2O3S/c24-15-7-9-16(10-8-15)26-23-27-21(28)20(31-23)13-14-5-11-17(12-6-14)30-22(29)18-3-1-2-4-19(18)25/h1-13H,(H,26,27,28)/b20-13-. The van der Waals surface area contributed by atoms with Crippen molar-refractivity contribution in [3.8, 4) is 5.75 Å². The van der Waals surface area contributed by atoms with Crippen molar-refractivity contribution in [2.45, 2.75) is 0 Å². The lowest BCUT2D eigenvalue weighted by Crippen LogP contribution is -2.19. The fourth-order valence-electron chi connectivity index (χ4n) is 2.69. The van der Waals surface area contributed by atoms with Crippen LogP contribution in [-0.2, 0) is 4.79 Å². The minimum absolute atomic E-state index is 0.203. The molecule has 0 atom stereocenters. The largest absolute Gasteiger partial charge is 0.423 e. The van der Waals surface area contributed by atoms with Gasteiger partial charge in [0.25, 0.3) is 5.91 Å². The third kappa shape index (κ3) is 5.52. The lowest BCUT2D eigenvalue weighted by atomic mass is 10.2. The molecule has 4 rings (SSSR count). The van der Waals surface area contributed by atoms with E-state index < -0.39 is 5.97 Å². The van der Waals surface area contributed by atoms with Gasteiger partial charge in [0.1, 0.15) is 5.75 Å². The molecule has 31 heavy (non-hydrogen) atoms. The molecule has 0 spiro atoms. The second kappa shape index (κ2) is 9.64. The van der Waals surface area contributed by atoms with Gasteiger partial charge < -0.3 is 10.1 Å². The summed E-state index contributed by atoms with van der Waals surface area (Å²) in [6.45, 7) is 0. The number of nitrogens with zero attached hydrogens (tertiary/aromatic N) is 1. The van der Waals surface area contributed by atoms with Crippen LogP contribution in [0.1, 0.15) is 15.9 Å². The van der Waals surface area contributed by atoms with E-state index in [9.17, 15) is 9.59 Å². The van der Waals surface area contributed by atoms with Crippen LogP contribution in [0.5, 0.6) is 5.75 Å². The Labute approximate surface area is 199 Å². The van der Waals surface area contributed by atoms with E-state index in [1.54, 1.807) is 48.5 Å². The van der Waals surface area contributed by atoms with Crippen LogP contribution in [-0.4, -0.2) is 17.0 Å². The number of ether oxygens (including phenoxy) is 1. The number of aliphatic imine (C=N–C) groups is 1. The number of amidine groups is 1. The van der Waals surface area contributed by atoms with Crippen molar-refractivity contribution in [2.75, 3.05) is 0 Å². The van der Waals surface area contributed by atoms with Crippen LogP contribution >= 0.6 is 43.6 Å². The molecular formula is C23H14Br2N2O3S. The zero-order valence-electron chi connectivity index (χ0n) is 15.8. The number of rotatable bonds is 4. The summed E-state index contributed by atoms with van der Waals surface area (Å²) < 4.78 is 7.06. The number of hydrogen-bond acceptors (Lipinski definition) is 5. The van der Waals surface area contributed by atoms with Crippen LogP contribution < -0.4 is 10.1 Å². The zero-order valence-corrected chi connectivity index (χ0v) is 19.8. The minimum atomic E-state index is -0.446. The van der Waals surface area contributed by atoms with Crippen molar-refractivity contribution in [3.63, 3.8) is 0 Å². The minimum Gasteiger partial charge on any atom is -0.423 e. The Bertz CT molecular complexity index is 1210. The highest BCUT2D eigenvalue weighted by Crippen LogP contribution is 2.29. The van der Waals surface area contributed by atoms with Crippen molar-refractivity contribution < 1.29 is 14.3 Å². The first-order valence-corrected chi connectivity index (χ1v) is 11.5. The molecule has 8 heteroatoms. The summed E-state index contributed by atoms with van der Waals surface area (Å²) in [6, 6.07) is 21.5. The Kier molecular flexibility index (Phi) is 6.70. The summed E-state index contributed by atoms with van der Waals surface area (Å²) >= 11 is 8.00. The van der Waals surface area contributed by atoms with E-state index in [4.69, 9.17) is 4.74 Å². The first kappa shape index (κ1) is 21.5. The topological polar surface area (TPSA) is 67.8 Å². The lowest BCUT2D eigenvalue weighted by Gasteiger charge is -2.06. The Morgan fingerprint density at radius 2 is 1.68 bits per heavy atom. The Morgan fingerprint density at radius 1 is 0.968 bits per heavy atom. The Hall–Kier alpha value is -2.68. The molecule has 1 heterocycles. The van der Waals surface area contributed by atoms with E-state index >= 15 is 0 Å². The molecule has 0 bridgehead atoms. The molecule has 1 amide bonds. The molecule has 0 saturated carbocycles. The second-order valence-corrected chi connectivity index (χ2v) is 9.20. The molecule has 1 aliphatic rings. The van der Waals surface area contributed by atoms with E-state index in [0.29, 0.717) is 25.9 Å². The molecule has 0 aromatic heterocycles. The Balaban J connectivity index is 1.44. The molecule has 0 unspecified atom stereocenters. The zero-order chi connectivity index (χ0) is 21.8. The van der Waals surface area contributed by atoms with Crippen molar-refractivity contribution in [3.05, 3.63) is 97.8 Å². The maximum absolute atomic E-state index is 12.3. The molecule has 1 N–H and O–H groups in total. The third-order valence-electron chi connectivity index (χ3n) is 4.19. The number of amides is 1. The highest BCUT2D eigenvalue weighted by atomic mass is 79.9. The fraction of sp³-hybridized carbons (Fsp3) is 0. The smallest absolute Gasteiger partial charge is 0.344 e. The predicted octanol–water partition coefficient (Wildman–Crippen LogP) is 6.32. The summed E-state index contributed by atoms with van der Waals surface area (Å²) in [5, 5.41) is 3.29. The summed E-state index contributed by atoms with van der Waals surface area (Å²) in [4.78, 5) is 29.6. The summed E-state index contributed by atoms with van der Waals surface area (Å²) in [5.41, 5.74) is 2.01. The van der Waals surface area contributed by atoms with E-state index in [1.807, 2.05) is 30.3 Å². The van der Waals surface area contributed by atoms with Gasteiger partial charge in [0.2, 0.25) is 0 Å². The number of nitrogens with one attached hydrogen (secondary N) is 1. The van der Waals surface area contributed by atoms with Gasteiger partial charge in [0.05, 0.1) is 16.2 Å². The van der Waals surface area contributed by atoms with Gasteiger partial charge in [-0.05, 0) is 87.9 Å². The number of halogens is 2. The molecule has 5 nitrogen and oxygen atoms in total. The van der Waals surface area contributed by atoms with Gasteiger partial charge in [-0.3, -0.25) is 4.79 Å². The van der Waals surface area contributed by atoms with Crippen molar-refractivity contribution in [1.82, 2.24) is 5.32 Å². The van der Waals surface area contributed by atoms with E-state index in [-0.39, 0.29) is 5.91 Å². The average molecular weight is 558 g/mol. The normalized spacial score (nSPS) is 15.9. The average Bonchev–Trinajstić information content (AvgIpc) is 3.10. The molecular weight excluding hydrogens is 544 g/mol. The lowest BCUT2D eigenvalue weighted by molar-refractivity contribution is -0.115. The van der Waals surface area contributed by atoms with Gasteiger partial charge in [-0.25, -0.2) is 9.79 Å². The molecule has 0 radical (unpaired) electrons. The fourth-order valence-corrected chi connectivity index (χ4v) is 4.24. The van der Waals surface area contributed by atoms with E-state index in [2.05, 4.69) is 42.2 Å². The van der Waals surface area contributed by atoms with Crippen LogP contribution in [0.2, 0.25) is 0 Å². The third-order valence-corrected chi connectivity index (χ3v) is 6.32. The Morgan fingerprint density at radius 3 is 2.39 bits per heavy atom. The van der Waals surface area contributed by atoms with Gasteiger partial charge in [-0.15, -0.1) is 0 Å². The molecule has 154 valence electrons. The van der Waals surface area contributed by atoms with Crippen molar-refractivity contribution in [2.24, 2.45) is 4.99 Å². The van der Waals surface area contributed by atoms with Gasteiger partial charge in [-0.2, -0.15) is 0 Å². The second-order valence-electron chi connectivity index (χ2n) is 6.40. The number of esters is 1. The van der Waals surface area contributed by atoms with E-state index in [0.717, 1.165) is 15.7 Å². The highest BCUT2D eigenvalue weighted by molar-refractivity contribution is 9.10. The van der Waals surface area contributed by atoms with Gasteiger partial charge in [-0.1, -0.05) is 40.2 Å². The quantitative estimate of drug-likeness (QED) is 0.231. The molecule has 1 saturated heterocycles. The van der Waals surface area contributed by atoms with Crippen LogP contribution in [0.4, 0.5) is 5.69 Å². The van der Waals surface area contributed by atoms with Crippen LogP contribution in [0, 0.1) is 0 Å². The highest BCUT2D eigenvalue weighted by Gasteiger charge is 2.23. The first-order valence-electron chi connectivity index (χ1n) is 9.10. The molecule has 0 aliphatic carbocycles. The number of thioether (sulfide) groups is 1.